The minimum Gasteiger partial charge on any atom is -0.481 e. The van der Waals surface area contributed by atoms with Crippen LogP contribution in [0.1, 0.15) is 33.6 Å². The number of nitrogens with two attached hydrogens (primary N) is 1. The van der Waals surface area contributed by atoms with Crippen molar-refractivity contribution in [1.82, 2.24) is 4.90 Å². The standard InChI is InChI=1S/C12H22N2O3/c1-11(2,7-13)9(15)14-6-4-5-12(3,8-14)10(16)17/h4-8,13H2,1-3H3,(H,16,17). The zero-order chi connectivity index (χ0) is 13.3. The molecule has 0 aromatic carbocycles. The van der Waals surface area contributed by atoms with Crippen LogP contribution in [0.25, 0.3) is 0 Å². The maximum Gasteiger partial charge on any atom is 0.311 e. The number of carbonyl (C=O) groups is 2. The fourth-order valence-corrected chi connectivity index (χ4v) is 2.10. The monoisotopic (exact) mass is 242 g/mol. The second-order valence-electron chi connectivity index (χ2n) is 5.78. The molecule has 1 aliphatic heterocycles. The number of hydrogen-bond acceptors (Lipinski definition) is 3. The van der Waals surface area contributed by atoms with Gasteiger partial charge in [-0.15, -0.1) is 0 Å². The van der Waals surface area contributed by atoms with Gasteiger partial charge in [0.15, 0.2) is 0 Å². The third kappa shape index (κ3) is 2.77. The van der Waals surface area contributed by atoms with Crippen molar-refractivity contribution in [2.75, 3.05) is 19.6 Å². The van der Waals surface area contributed by atoms with Gasteiger partial charge < -0.3 is 15.7 Å². The molecule has 1 aliphatic rings. The molecule has 1 fully saturated rings. The SMILES string of the molecule is CC(C)(CN)C(=O)N1CCCC(C)(C(=O)O)C1. The second kappa shape index (κ2) is 4.64. The summed E-state index contributed by atoms with van der Waals surface area (Å²) in [5.41, 5.74) is 4.14. The van der Waals surface area contributed by atoms with Crippen molar-refractivity contribution in [1.29, 1.82) is 0 Å². The smallest absolute Gasteiger partial charge is 0.311 e. The number of carboxylic acid groups (broad SMARTS) is 1. The maximum absolute atomic E-state index is 12.2. The van der Waals surface area contributed by atoms with Crippen LogP contribution in [0.5, 0.6) is 0 Å². The van der Waals surface area contributed by atoms with Crippen LogP contribution in [0, 0.1) is 10.8 Å². The van der Waals surface area contributed by atoms with Gasteiger partial charge in [-0.3, -0.25) is 9.59 Å². The fraction of sp³-hybridized carbons (Fsp3) is 0.833. The zero-order valence-electron chi connectivity index (χ0n) is 10.8. The van der Waals surface area contributed by atoms with E-state index in [2.05, 4.69) is 0 Å². The Hall–Kier alpha value is -1.10. The summed E-state index contributed by atoms with van der Waals surface area (Å²) in [7, 11) is 0. The number of amides is 1. The number of carbonyl (C=O) groups excluding carboxylic acids is 1. The van der Waals surface area contributed by atoms with Crippen LogP contribution >= 0.6 is 0 Å². The van der Waals surface area contributed by atoms with Gasteiger partial charge in [0.05, 0.1) is 10.8 Å². The molecule has 1 amide bonds. The van der Waals surface area contributed by atoms with E-state index in [1.807, 2.05) is 0 Å². The van der Waals surface area contributed by atoms with Crippen LogP contribution in [0.2, 0.25) is 0 Å². The highest BCUT2D eigenvalue weighted by atomic mass is 16.4. The molecule has 98 valence electrons. The third-order valence-corrected chi connectivity index (χ3v) is 3.59. The van der Waals surface area contributed by atoms with Crippen molar-refractivity contribution >= 4 is 11.9 Å². The van der Waals surface area contributed by atoms with Crippen molar-refractivity contribution in [3.05, 3.63) is 0 Å². The Kier molecular flexibility index (Phi) is 3.81. The van der Waals surface area contributed by atoms with E-state index in [0.717, 1.165) is 6.42 Å². The first-order valence-corrected chi connectivity index (χ1v) is 5.96. The van der Waals surface area contributed by atoms with Crippen LogP contribution < -0.4 is 5.73 Å². The highest BCUT2D eigenvalue weighted by Gasteiger charge is 2.42. The molecule has 1 rings (SSSR count). The summed E-state index contributed by atoms with van der Waals surface area (Å²) in [6.07, 6.45) is 1.35. The third-order valence-electron chi connectivity index (χ3n) is 3.59. The Balaban J connectivity index is 2.81. The molecule has 5 nitrogen and oxygen atoms in total. The highest BCUT2D eigenvalue weighted by Crippen LogP contribution is 2.31. The topological polar surface area (TPSA) is 83.6 Å². The molecule has 0 saturated carbocycles. The van der Waals surface area contributed by atoms with Gasteiger partial charge in [-0.1, -0.05) is 0 Å². The maximum atomic E-state index is 12.2. The predicted octanol–water partition coefficient (Wildman–Crippen LogP) is 0.685. The normalized spacial score (nSPS) is 25.8. The average Bonchev–Trinajstić information content (AvgIpc) is 2.28. The molecule has 0 bridgehead atoms. The number of rotatable bonds is 3. The zero-order valence-corrected chi connectivity index (χ0v) is 10.8. The fourth-order valence-electron chi connectivity index (χ4n) is 2.10. The van der Waals surface area contributed by atoms with Gasteiger partial charge in [0.25, 0.3) is 0 Å². The minimum absolute atomic E-state index is 0.0489. The average molecular weight is 242 g/mol. The summed E-state index contributed by atoms with van der Waals surface area (Å²) in [5.74, 6) is -0.882. The van der Waals surface area contributed by atoms with Crippen molar-refractivity contribution in [2.24, 2.45) is 16.6 Å². The van der Waals surface area contributed by atoms with E-state index in [-0.39, 0.29) is 19.0 Å². The minimum atomic E-state index is -0.833. The van der Waals surface area contributed by atoms with Crippen LogP contribution in [-0.2, 0) is 9.59 Å². The Morgan fingerprint density at radius 3 is 2.53 bits per heavy atom. The largest absolute Gasteiger partial charge is 0.481 e. The van der Waals surface area contributed by atoms with Gasteiger partial charge >= 0.3 is 5.97 Å². The number of nitrogens with zero attached hydrogens (tertiary/aromatic N) is 1. The number of aliphatic carboxylic acids is 1. The number of hydrogen-bond donors (Lipinski definition) is 2. The molecular weight excluding hydrogens is 220 g/mol. The lowest BCUT2D eigenvalue weighted by Gasteiger charge is -2.40. The quantitative estimate of drug-likeness (QED) is 0.762. The predicted molar refractivity (Wildman–Crippen MR) is 64.4 cm³/mol. The van der Waals surface area contributed by atoms with E-state index >= 15 is 0 Å². The lowest BCUT2D eigenvalue weighted by Crippen LogP contribution is -2.53. The Morgan fingerprint density at radius 2 is 2.06 bits per heavy atom. The molecule has 1 heterocycles. The Morgan fingerprint density at radius 1 is 1.47 bits per heavy atom. The number of piperidine rings is 1. The van der Waals surface area contributed by atoms with Crippen molar-refractivity contribution < 1.29 is 14.7 Å². The first kappa shape index (κ1) is 14.0. The van der Waals surface area contributed by atoms with Gasteiger partial charge in [-0.05, 0) is 33.6 Å². The summed E-state index contributed by atoms with van der Waals surface area (Å²) in [4.78, 5) is 25.1. The summed E-state index contributed by atoms with van der Waals surface area (Å²) in [6.45, 7) is 6.47. The number of carboxylic acids is 1. The summed E-state index contributed by atoms with van der Waals surface area (Å²) in [5, 5.41) is 9.19. The molecule has 3 N–H and O–H groups in total. The van der Waals surface area contributed by atoms with E-state index < -0.39 is 16.8 Å². The molecule has 0 aromatic heterocycles. The molecule has 5 heteroatoms. The molecule has 1 unspecified atom stereocenters. The van der Waals surface area contributed by atoms with Crippen molar-refractivity contribution in [3.8, 4) is 0 Å². The van der Waals surface area contributed by atoms with Crippen LogP contribution in [0.3, 0.4) is 0 Å². The first-order valence-electron chi connectivity index (χ1n) is 5.96. The Labute approximate surface area is 102 Å². The molecule has 0 spiro atoms. The molecule has 0 aliphatic carbocycles. The molecule has 0 radical (unpaired) electrons. The summed E-state index contributed by atoms with van der Waals surface area (Å²) >= 11 is 0. The first-order chi connectivity index (χ1) is 7.73. The van der Waals surface area contributed by atoms with Crippen LogP contribution in [0.4, 0.5) is 0 Å². The lowest BCUT2D eigenvalue weighted by atomic mass is 9.80. The van der Waals surface area contributed by atoms with E-state index in [1.165, 1.54) is 0 Å². The molecule has 17 heavy (non-hydrogen) atoms. The second-order valence-corrected chi connectivity index (χ2v) is 5.78. The molecule has 1 atom stereocenters. The summed E-state index contributed by atoms with van der Waals surface area (Å²) < 4.78 is 0. The van der Waals surface area contributed by atoms with E-state index in [4.69, 9.17) is 5.73 Å². The van der Waals surface area contributed by atoms with Gasteiger partial charge in [0, 0.05) is 19.6 Å². The molecular formula is C12H22N2O3. The lowest BCUT2D eigenvalue weighted by molar-refractivity contribution is -0.155. The van der Waals surface area contributed by atoms with Crippen LogP contribution in [-0.4, -0.2) is 41.5 Å². The van der Waals surface area contributed by atoms with E-state index in [0.29, 0.717) is 13.0 Å². The number of likely N-dealkylation sites (tertiary alicyclic amines) is 1. The van der Waals surface area contributed by atoms with Gasteiger partial charge in [0.2, 0.25) is 5.91 Å². The van der Waals surface area contributed by atoms with Crippen LogP contribution in [0.15, 0.2) is 0 Å². The molecule has 0 aromatic rings. The highest BCUT2D eigenvalue weighted by molar-refractivity contribution is 5.83. The van der Waals surface area contributed by atoms with Gasteiger partial charge in [0.1, 0.15) is 0 Å². The van der Waals surface area contributed by atoms with E-state index in [9.17, 15) is 14.7 Å². The van der Waals surface area contributed by atoms with Crippen molar-refractivity contribution in [2.45, 2.75) is 33.6 Å². The summed E-state index contributed by atoms with van der Waals surface area (Å²) in [6, 6.07) is 0. The van der Waals surface area contributed by atoms with Crippen molar-refractivity contribution in [3.63, 3.8) is 0 Å². The van der Waals surface area contributed by atoms with E-state index in [1.54, 1.807) is 25.7 Å². The van der Waals surface area contributed by atoms with Gasteiger partial charge in [-0.25, -0.2) is 0 Å². The molecule has 1 saturated heterocycles. The Bertz CT molecular complexity index is 328. The van der Waals surface area contributed by atoms with Gasteiger partial charge in [-0.2, -0.15) is 0 Å².